The summed E-state index contributed by atoms with van der Waals surface area (Å²) in [5, 5.41) is 32.2. The fourth-order valence-corrected chi connectivity index (χ4v) is 0.593. The molecule has 0 bridgehead atoms. The number of nitrogens with zero attached hydrogens (tertiary/aromatic N) is 4. The maximum atomic E-state index is 10.1. The maximum absolute atomic E-state index is 10.1. The number of nitrogens with one attached hydrogen (secondary N) is 2. The van der Waals surface area contributed by atoms with Crippen molar-refractivity contribution in [1.29, 1.82) is 0 Å². The molecule has 0 saturated heterocycles. The average molecular weight is 326 g/mol. The molecule has 0 amide bonds. The molecule has 2 aromatic heterocycles. The Kier molecular flexibility index (Phi) is 12.4. The molecule has 0 unspecified atom stereocenters. The summed E-state index contributed by atoms with van der Waals surface area (Å²) in [7, 11) is 0. The average Bonchev–Trinajstić information content (AvgIpc) is 2.17. The molecule has 2 aromatic rings. The van der Waals surface area contributed by atoms with Gasteiger partial charge in [-0.1, -0.05) is 0 Å². The van der Waals surface area contributed by atoms with Gasteiger partial charge >= 0.3 is 17.1 Å². The Hall–Kier alpha value is -2.34. The fraction of sp³-hybridized carbons (Fsp3) is 0. The summed E-state index contributed by atoms with van der Waals surface area (Å²) in [5.41, 5.74) is -1.05. The van der Waals surface area contributed by atoms with Crippen molar-refractivity contribution in [3.8, 4) is 12.0 Å². The standard InChI is InChI=1S/2C3H3N3O2.Cu.2H2O/c2*7-2-1-4-6-3(8)5-2;;;/h2*1H,(H2,5,6,7,8);;2*1H2/q;;+2;;. The van der Waals surface area contributed by atoms with Crippen molar-refractivity contribution in [3.05, 3.63) is 33.1 Å². The molecule has 0 aliphatic carbocycles. The summed E-state index contributed by atoms with van der Waals surface area (Å²) in [6.45, 7) is 0. The predicted octanol–water partition coefficient (Wildman–Crippen LogP) is -5.37. The van der Waals surface area contributed by atoms with Crippen molar-refractivity contribution < 1.29 is 38.2 Å². The van der Waals surface area contributed by atoms with Crippen LogP contribution >= 0.6 is 0 Å². The van der Waals surface area contributed by atoms with Gasteiger partial charge in [-0.15, -0.1) is 10.2 Å². The van der Waals surface area contributed by atoms with E-state index < -0.39 is 23.1 Å². The largest absolute Gasteiger partial charge is 2.00 e. The van der Waals surface area contributed by atoms with E-state index >= 15 is 0 Å². The first-order valence-corrected chi connectivity index (χ1v) is 3.76. The predicted molar refractivity (Wildman–Crippen MR) is 53.9 cm³/mol. The van der Waals surface area contributed by atoms with Crippen LogP contribution < -0.4 is 21.3 Å². The van der Waals surface area contributed by atoms with Crippen LogP contribution in [0.1, 0.15) is 0 Å². The van der Waals surface area contributed by atoms with Crippen molar-refractivity contribution in [3.63, 3.8) is 0 Å². The Labute approximate surface area is 114 Å². The third-order valence-electron chi connectivity index (χ3n) is 1.11. The second-order valence-electron chi connectivity index (χ2n) is 2.28. The molecule has 13 heteroatoms. The van der Waals surface area contributed by atoms with E-state index in [4.69, 9.17) is 0 Å². The van der Waals surface area contributed by atoms with E-state index in [-0.39, 0.29) is 28.0 Å². The Balaban J connectivity index is -0.000000233. The van der Waals surface area contributed by atoms with Gasteiger partial charge < -0.3 is 31.1 Å². The van der Waals surface area contributed by atoms with Crippen molar-refractivity contribution >= 4 is 0 Å². The number of hydrogen-bond donors (Lipinski definition) is 2. The third-order valence-corrected chi connectivity index (χ3v) is 1.11. The van der Waals surface area contributed by atoms with Crippen LogP contribution in [0, 0.1) is 0 Å². The Morgan fingerprint density at radius 1 is 0.842 bits per heavy atom. The van der Waals surface area contributed by atoms with E-state index in [0.29, 0.717) is 0 Å². The van der Waals surface area contributed by atoms with Crippen LogP contribution in [0.4, 0.5) is 0 Å². The zero-order valence-electron chi connectivity index (χ0n) is 9.03. The van der Waals surface area contributed by atoms with Crippen LogP contribution in [-0.4, -0.2) is 30.4 Å². The zero-order valence-corrected chi connectivity index (χ0v) is 9.97. The van der Waals surface area contributed by atoms with Crippen LogP contribution in [0.25, 0.3) is 0 Å². The van der Waals surface area contributed by atoms with Crippen molar-refractivity contribution in [2.75, 3.05) is 0 Å². The van der Waals surface area contributed by atoms with Crippen LogP contribution in [0.3, 0.4) is 0 Å². The van der Waals surface area contributed by atoms with Crippen molar-refractivity contribution in [1.82, 2.24) is 30.4 Å². The summed E-state index contributed by atoms with van der Waals surface area (Å²) < 4.78 is 0. The first kappa shape index (κ1) is 21.9. The van der Waals surface area contributed by atoms with Gasteiger partial charge in [-0.25, -0.2) is 0 Å². The van der Waals surface area contributed by atoms with Gasteiger partial charge in [0.1, 0.15) is 12.4 Å². The minimum Gasteiger partial charge on any atom is -0.844 e. The van der Waals surface area contributed by atoms with E-state index in [2.05, 4.69) is 20.4 Å². The molecule has 2 rings (SSSR count). The molecule has 19 heavy (non-hydrogen) atoms. The van der Waals surface area contributed by atoms with Gasteiger partial charge in [0.15, 0.2) is 0 Å². The second-order valence-corrected chi connectivity index (χ2v) is 2.28. The molecule has 8 N–H and O–H groups in total. The number of rotatable bonds is 0. The van der Waals surface area contributed by atoms with E-state index in [1.165, 1.54) is 0 Å². The van der Waals surface area contributed by atoms with Crippen LogP contribution in [0.15, 0.2) is 22.0 Å². The summed E-state index contributed by atoms with van der Waals surface area (Å²) in [5.74, 6) is 0. The van der Waals surface area contributed by atoms with Gasteiger partial charge in [0.25, 0.3) is 11.1 Å². The van der Waals surface area contributed by atoms with E-state index in [9.17, 15) is 19.8 Å². The summed E-state index contributed by atoms with van der Waals surface area (Å²) >= 11 is 0. The maximum Gasteiger partial charge on any atom is 2.00 e. The quantitative estimate of drug-likeness (QED) is 0.349. The molecule has 0 spiro atoms. The van der Waals surface area contributed by atoms with E-state index in [1.54, 1.807) is 0 Å². The summed E-state index contributed by atoms with van der Waals surface area (Å²) in [6.07, 6.45) is 1.86. The second kappa shape index (κ2) is 10.8. The molecule has 0 atom stereocenters. The topological polar surface area (TPSA) is 229 Å². The molecule has 109 valence electrons. The molecule has 0 saturated carbocycles. The first-order valence-electron chi connectivity index (χ1n) is 3.76. The van der Waals surface area contributed by atoms with Gasteiger partial charge in [0.2, 0.25) is 0 Å². The summed E-state index contributed by atoms with van der Waals surface area (Å²) in [4.78, 5) is 24.0. The van der Waals surface area contributed by atoms with Crippen LogP contribution in [0.2, 0.25) is 0 Å². The fourth-order valence-electron chi connectivity index (χ4n) is 0.593. The smallest absolute Gasteiger partial charge is 0.844 e. The molecule has 1 radical (unpaired) electrons. The number of aromatic nitrogens is 6. The van der Waals surface area contributed by atoms with Crippen LogP contribution in [-0.2, 0) is 28.0 Å². The van der Waals surface area contributed by atoms with E-state index in [0.717, 1.165) is 12.4 Å². The minimum atomic E-state index is -0.711. The summed E-state index contributed by atoms with van der Waals surface area (Å²) in [6, 6.07) is -1.42. The Bertz CT molecular complexity index is 521. The van der Waals surface area contributed by atoms with Gasteiger partial charge in [-0.05, 0) is 0 Å². The number of aromatic amines is 2. The number of H-pyrrole nitrogens is 2. The molecule has 0 aliphatic heterocycles. The molecule has 2 heterocycles. The van der Waals surface area contributed by atoms with Gasteiger partial charge in [0, 0.05) is 0 Å². The molecule has 12 nitrogen and oxygen atoms in total. The van der Waals surface area contributed by atoms with Crippen molar-refractivity contribution in [2.45, 2.75) is 0 Å². The minimum absolute atomic E-state index is 0. The molecule has 0 aromatic carbocycles. The number of hydrogen-bond acceptors (Lipinski definition) is 8. The third kappa shape index (κ3) is 9.37. The zero-order chi connectivity index (χ0) is 12.0. The SMILES string of the molecule is O=c1cnnc([O-])[nH]1.O=c1cnnc([O-])[nH]1.[Cu+2].[OH3+].[OH3+]. The van der Waals surface area contributed by atoms with Crippen LogP contribution in [0.5, 0.6) is 12.0 Å². The molecular formula is C6H10CuN6O6+2. The van der Waals surface area contributed by atoms with Gasteiger partial charge in [-0.3, -0.25) is 9.59 Å². The van der Waals surface area contributed by atoms with Crippen molar-refractivity contribution in [2.24, 2.45) is 0 Å². The molecule has 0 aliphatic rings. The van der Waals surface area contributed by atoms with Gasteiger partial charge in [-0.2, -0.15) is 10.2 Å². The Morgan fingerprint density at radius 3 is 1.32 bits per heavy atom. The van der Waals surface area contributed by atoms with Gasteiger partial charge in [0.05, 0.1) is 12.0 Å². The van der Waals surface area contributed by atoms with E-state index in [1.807, 2.05) is 9.97 Å². The molecular weight excluding hydrogens is 316 g/mol. The Morgan fingerprint density at radius 2 is 1.16 bits per heavy atom. The first-order chi connectivity index (χ1) is 7.58. The normalized spacial score (nSPS) is 7.58. The molecule has 0 fully saturated rings. The monoisotopic (exact) mass is 325 g/mol.